The molecule has 35 heavy (non-hydrogen) atoms. The normalized spacial score (nSPS) is 10.9. The Labute approximate surface area is 212 Å². The summed E-state index contributed by atoms with van der Waals surface area (Å²) < 4.78 is 1.55. The van der Waals surface area contributed by atoms with Crippen molar-refractivity contribution in [3.63, 3.8) is 0 Å². The van der Waals surface area contributed by atoms with Crippen LogP contribution in [0.1, 0.15) is 23.7 Å². The molecule has 2 aromatic heterocycles. The van der Waals surface area contributed by atoms with E-state index in [1.165, 1.54) is 6.92 Å². The second-order valence-corrected chi connectivity index (χ2v) is 8.80. The number of amides is 1. The average molecular weight is 511 g/mol. The summed E-state index contributed by atoms with van der Waals surface area (Å²) in [6.07, 6.45) is 2.76. The van der Waals surface area contributed by atoms with E-state index in [4.69, 9.17) is 23.2 Å². The summed E-state index contributed by atoms with van der Waals surface area (Å²) in [6.45, 7) is 2.41. The first-order chi connectivity index (χ1) is 16.9. The Morgan fingerprint density at radius 1 is 1.00 bits per heavy atom. The summed E-state index contributed by atoms with van der Waals surface area (Å²) in [5.41, 5.74) is 3.14. The number of benzene rings is 2. The van der Waals surface area contributed by atoms with Crippen LogP contribution in [-0.2, 0) is 30.7 Å². The van der Waals surface area contributed by atoms with Gasteiger partial charge in [-0.3, -0.25) is 14.2 Å². The van der Waals surface area contributed by atoms with E-state index >= 15 is 0 Å². The Kier molecular flexibility index (Phi) is 7.94. The number of nitrogens with one attached hydrogen (secondary N) is 2. The van der Waals surface area contributed by atoms with Crippen LogP contribution in [0.2, 0.25) is 10.0 Å². The molecule has 0 radical (unpaired) electrons. The van der Waals surface area contributed by atoms with Crippen LogP contribution < -0.4 is 16.2 Å². The minimum atomic E-state index is -0.229. The molecule has 0 saturated heterocycles. The van der Waals surface area contributed by atoms with Crippen molar-refractivity contribution in [1.29, 1.82) is 0 Å². The number of halogens is 2. The summed E-state index contributed by atoms with van der Waals surface area (Å²) >= 11 is 12.1. The van der Waals surface area contributed by atoms with Gasteiger partial charge >= 0.3 is 0 Å². The topological polar surface area (TPSA) is 102 Å². The molecule has 0 saturated carbocycles. The number of aromatic nitrogens is 4. The minimum absolute atomic E-state index is 0.167. The number of carbonyl (C=O) groups is 1. The Balaban J connectivity index is 1.62. The molecule has 0 unspecified atom stereocenters. The third-order valence-corrected chi connectivity index (χ3v) is 6.13. The van der Waals surface area contributed by atoms with E-state index in [0.29, 0.717) is 58.8 Å². The molecule has 0 bridgehead atoms. The predicted molar refractivity (Wildman–Crippen MR) is 138 cm³/mol. The van der Waals surface area contributed by atoms with Crippen LogP contribution in [0, 0.1) is 0 Å². The van der Waals surface area contributed by atoms with Crippen molar-refractivity contribution in [2.24, 2.45) is 0 Å². The number of hydrogen-bond donors (Lipinski definition) is 2. The van der Waals surface area contributed by atoms with Crippen molar-refractivity contribution in [2.75, 3.05) is 11.9 Å². The Morgan fingerprint density at radius 3 is 2.54 bits per heavy atom. The molecular weight excluding hydrogens is 487 g/mol. The second kappa shape index (κ2) is 11.3. The van der Waals surface area contributed by atoms with E-state index in [1.807, 2.05) is 36.4 Å². The van der Waals surface area contributed by atoms with Crippen molar-refractivity contribution in [1.82, 2.24) is 24.8 Å². The first-order valence-electron chi connectivity index (χ1n) is 11.1. The van der Waals surface area contributed by atoms with E-state index < -0.39 is 0 Å². The van der Waals surface area contributed by atoms with Crippen molar-refractivity contribution in [3.8, 4) is 0 Å². The fraction of sp³-hybridized carbons (Fsp3) is 0.240. The minimum Gasteiger partial charge on any atom is -0.355 e. The van der Waals surface area contributed by atoms with E-state index in [-0.39, 0.29) is 18.0 Å². The molecule has 2 aromatic carbocycles. The molecule has 0 spiro atoms. The Morgan fingerprint density at radius 2 is 1.80 bits per heavy atom. The molecule has 10 heteroatoms. The standard InChI is InChI=1S/C25H24Cl2N6O2/c1-16(34)28-11-12-33-23-22(31-21(24(33)35)10-8-17-5-3-2-4-6-17)15-30-25(32-23)29-14-18-7-9-19(26)20(27)13-18/h2-7,9,13,15H,8,10-12,14H2,1H3,(H,28,34)(H,29,30,32). The van der Waals surface area contributed by atoms with Crippen LogP contribution in [0.3, 0.4) is 0 Å². The highest BCUT2D eigenvalue weighted by Crippen LogP contribution is 2.23. The molecule has 4 rings (SSSR count). The van der Waals surface area contributed by atoms with Gasteiger partial charge in [0.25, 0.3) is 5.56 Å². The van der Waals surface area contributed by atoms with Crippen molar-refractivity contribution >= 4 is 46.2 Å². The highest BCUT2D eigenvalue weighted by Gasteiger charge is 2.14. The van der Waals surface area contributed by atoms with Crippen LogP contribution >= 0.6 is 23.2 Å². The number of hydrogen-bond acceptors (Lipinski definition) is 6. The zero-order valence-electron chi connectivity index (χ0n) is 19.1. The lowest BCUT2D eigenvalue weighted by atomic mass is 10.1. The maximum absolute atomic E-state index is 13.3. The Hall–Kier alpha value is -3.49. The maximum Gasteiger partial charge on any atom is 0.273 e. The van der Waals surface area contributed by atoms with Gasteiger partial charge in [-0.2, -0.15) is 4.98 Å². The summed E-state index contributed by atoms with van der Waals surface area (Å²) in [4.78, 5) is 38.2. The molecule has 0 fully saturated rings. The number of aryl methyl sites for hydroxylation is 2. The van der Waals surface area contributed by atoms with Crippen LogP contribution in [-0.4, -0.2) is 32.0 Å². The number of fused-ring (bicyclic) bond motifs is 1. The largest absolute Gasteiger partial charge is 0.355 e. The van der Waals surface area contributed by atoms with Gasteiger partial charge in [0.2, 0.25) is 11.9 Å². The van der Waals surface area contributed by atoms with Gasteiger partial charge in [-0.05, 0) is 36.1 Å². The van der Waals surface area contributed by atoms with Crippen molar-refractivity contribution < 1.29 is 4.79 Å². The molecule has 2 N–H and O–H groups in total. The molecule has 4 aromatic rings. The average Bonchev–Trinajstić information content (AvgIpc) is 2.85. The van der Waals surface area contributed by atoms with Crippen LogP contribution in [0.5, 0.6) is 0 Å². The smallest absolute Gasteiger partial charge is 0.273 e. The molecular formula is C25H24Cl2N6O2. The zero-order chi connectivity index (χ0) is 24.8. The third-order valence-electron chi connectivity index (χ3n) is 5.39. The summed E-state index contributed by atoms with van der Waals surface area (Å²) in [7, 11) is 0. The molecule has 0 aliphatic heterocycles. The Bertz CT molecular complexity index is 1410. The lowest BCUT2D eigenvalue weighted by molar-refractivity contribution is -0.118. The van der Waals surface area contributed by atoms with Crippen molar-refractivity contribution in [2.45, 2.75) is 32.9 Å². The molecule has 0 atom stereocenters. The van der Waals surface area contributed by atoms with Gasteiger partial charge in [0.15, 0.2) is 5.65 Å². The van der Waals surface area contributed by atoms with E-state index in [2.05, 4.69) is 25.6 Å². The predicted octanol–water partition coefficient (Wildman–Crippen LogP) is 4.03. The molecule has 1 amide bonds. The van der Waals surface area contributed by atoms with Gasteiger partial charge in [-0.1, -0.05) is 59.6 Å². The van der Waals surface area contributed by atoms with Crippen LogP contribution in [0.15, 0.2) is 59.5 Å². The zero-order valence-corrected chi connectivity index (χ0v) is 20.6. The van der Waals surface area contributed by atoms with E-state index in [9.17, 15) is 9.59 Å². The lowest BCUT2D eigenvalue weighted by Gasteiger charge is -2.13. The number of rotatable bonds is 9. The number of carbonyl (C=O) groups excluding carboxylic acids is 1. The van der Waals surface area contributed by atoms with Gasteiger partial charge in [-0.25, -0.2) is 9.97 Å². The monoisotopic (exact) mass is 510 g/mol. The van der Waals surface area contributed by atoms with E-state index in [0.717, 1.165) is 11.1 Å². The summed E-state index contributed by atoms with van der Waals surface area (Å²) in [6, 6.07) is 15.3. The highest BCUT2D eigenvalue weighted by atomic mass is 35.5. The fourth-order valence-electron chi connectivity index (χ4n) is 3.63. The first kappa shape index (κ1) is 24.6. The summed E-state index contributed by atoms with van der Waals surface area (Å²) in [5, 5.41) is 6.82. The highest BCUT2D eigenvalue weighted by molar-refractivity contribution is 6.42. The van der Waals surface area contributed by atoms with Crippen LogP contribution in [0.4, 0.5) is 5.95 Å². The van der Waals surface area contributed by atoms with Gasteiger partial charge < -0.3 is 10.6 Å². The fourth-order valence-corrected chi connectivity index (χ4v) is 3.95. The van der Waals surface area contributed by atoms with Gasteiger partial charge in [0.05, 0.1) is 16.2 Å². The van der Waals surface area contributed by atoms with Gasteiger partial charge in [0.1, 0.15) is 11.2 Å². The van der Waals surface area contributed by atoms with Gasteiger partial charge in [0, 0.05) is 26.6 Å². The SMILES string of the molecule is CC(=O)NCCn1c(=O)c(CCc2ccccc2)nc2cnc(NCc3ccc(Cl)c(Cl)c3)nc21. The molecule has 2 heterocycles. The lowest BCUT2D eigenvalue weighted by Crippen LogP contribution is -2.32. The molecule has 0 aliphatic rings. The quantitative estimate of drug-likeness (QED) is 0.352. The van der Waals surface area contributed by atoms with E-state index in [1.54, 1.807) is 22.9 Å². The van der Waals surface area contributed by atoms with Gasteiger partial charge in [-0.15, -0.1) is 0 Å². The number of nitrogens with zero attached hydrogens (tertiary/aromatic N) is 4. The molecule has 180 valence electrons. The van der Waals surface area contributed by atoms with Crippen molar-refractivity contribution in [3.05, 3.63) is 91.9 Å². The maximum atomic E-state index is 13.3. The number of anilines is 1. The third kappa shape index (κ3) is 6.35. The summed E-state index contributed by atoms with van der Waals surface area (Å²) in [5.74, 6) is 0.175. The molecule has 8 nitrogen and oxygen atoms in total. The second-order valence-electron chi connectivity index (χ2n) is 7.99. The molecule has 0 aliphatic carbocycles. The van der Waals surface area contributed by atoms with Crippen LogP contribution in [0.25, 0.3) is 11.2 Å². The first-order valence-corrected chi connectivity index (χ1v) is 11.9.